The van der Waals surface area contributed by atoms with Crippen LogP contribution in [0.25, 0.3) is 11.3 Å². The molecule has 6 heteroatoms. The van der Waals surface area contributed by atoms with Crippen molar-refractivity contribution in [2.24, 2.45) is 0 Å². The average Bonchev–Trinajstić information content (AvgIpc) is 3.24. The van der Waals surface area contributed by atoms with Gasteiger partial charge in [0.1, 0.15) is 0 Å². The number of amides is 1. The first-order valence-corrected chi connectivity index (χ1v) is 8.70. The molecular formula is C20H19N5O. The molecule has 3 aromatic rings. The lowest BCUT2D eigenvalue weighted by atomic mass is 10.1. The van der Waals surface area contributed by atoms with E-state index in [2.05, 4.69) is 25.4 Å². The summed E-state index contributed by atoms with van der Waals surface area (Å²) in [5.41, 5.74) is 3.09. The second-order valence-corrected chi connectivity index (χ2v) is 6.24. The normalized spacial score (nSPS) is 13.6. The van der Waals surface area contributed by atoms with Gasteiger partial charge in [0.2, 0.25) is 0 Å². The summed E-state index contributed by atoms with van der Waals surface area (Å²) in [6.45, 7) is 2.11. The smallest absolute Gasteiger partial charge is 0.255 e. The number of carbonyl (C=O) groups is 1. The van der Waals surface area contributed by atoms with Crippen molar-refractivity contribution >= 4 is 17.4 Å². The highest BCUT2D eigenvalue weighted by Gasteiger charge is 2.14. The maximum absolute atomic E-state index is 12.2. The second kappa shape index (κ2) is 7.31. The number of hydrogen-bond donors (Lipinski definition) is 1. The number of nitrogens with one attached hydrogen (secondary N) is 1. The van der Waals surface area contributed by atoms with Crippen molar-refractivity contribution in [1.82, 2.24) is 15.2 Å². The van der Waals surface area contributed by atoms with E-state index in [4.69, 9.17) is 0 Å². The van der Waals surface area contributed by atoms with Crippen molar-refractivity contribution < 1.29 is 4.79 Å². The number of hydrogen-bond acceptors (Lipinski definition) is 5. The number of aromatic nitrogens is 3. The first-order chi connectivity index (χ1) is 12.8. The second-order valence-electron chi connectivity index (χ2n) is 6.24. The fourth-order valence-corrected chi connectivity index (χ4v) is 3.02. The number of nitrogens with zero attached hydrogens (tertiary/aromatic N) is 4. The van der Waals surface area contributed by atoms with E-state index in [-0.39, 0.29) is 5.91 Å². The van der Waals surface area contributed by atoms with Crippen LogP contribution in [0, 0.1) is 0 Å². The summed E-state index contributed by atoms with van der Waals surface area (Å²) in [4.78, 5) is 18.3. The summed E-state index contributed by atoms with van der Waals surface area (Å²) in [6, 6.07) is 15.0. The van der Waals surface area contributed by atoms with Gasteiger partial charge in [0.05, 0.1) is 5.69 Å². The van der Waals surface area contributed by atoms with Gasteiger partial charge in [-0.25, -0.2) is 0 Å². The van der Waals surface area contributed by atoms with Crippen LogP contribution in [0.5, 0.6) is 0 Å². The first kappa shape index (κ1) is 16.2. The van der Waals surface area contributed by atoms with E-state index in [0.717, 1.165) is 35.9 Å². The number of rotatable bonds is 4. The summed E-state index contributed by atoms with van der Waals surface area (Å²) in [5.74, 6) is 0.780. The topological polar surface area (TPSA) is 71.0 Å². The number of anilines is 2. The Kier molecular flexibility index (Phi) is 4.55. The molecule has 0 spiro atoms. The Bertz CT molecular complexity index is 872. The van der Waals surface area contributed by atoms with Crippen LogP contribution in [0.3, 0.4) is 0 Å². The van der Waals surface area contributed by atoms with Gasteiger partial charge in [-0.1, -0.05) is 12.1 Å². The molecule has 3 heterocycles. The van der Waals surface area contributed by atoms with Gasteiger partial charge >= 0.3 is 0 Å². The summed E-state index contributed by atoms with van der Waals surface area (Å²) < 4.78 is 0. The maximum Gasteiger partial charge on any atom is 0.255 e. The highest BCUT2D eigenvalue weighted by molar-refractivity contribution is 6.04. The van der Waals surface area contributed by atoms with Crippen LogP contribution in [-0.4, -0.2) is 34.2 Å². The lowest BCUT2D eigenvalue weighted by molar-refractivity contribution is 0.102. The summed E-state index contributed by atoms with van der Waals surface area (Å²) in [5, 5.41) is 11.6. The molecule has 0 bridgehead atoms. The fraction of sp³-hybridized carbons (Fsp3) is 0.200. The Morgan fingerprint density at radius 1 is 0.885 bits per heavy atom. The molecule has 0 aliphatic carbocycles. The average molecular weight is 345 g/mol. The molecule has 2 aromatic heterocycles. The predicted molar refractivity (Wildman–Crippen MR) is 101 cm³/mol. The summed E-state index contributed by atoms with van der Waals surface area (Å²) in [7, 11) is 0. The minimum Gasteiger partial charge on any atom is -0.355 e. The molecule has 4 rings (SSSR count). The van der Waals surface area contributed by atoms with Gasteiger partial charge in [0.25, 0.3) is 5.91 Å². The van der Waals surface area contributed by atoms with Gasteiger partial charge in [-0.15, -0.1) is 10.2 Å². The maximum atomic E-state index is 12.2. The number of carbonyl (C=O) groups excluding carboxylic acids is 1. The standard InChI is InChI=1S/C20H19N5O/c26-20(16-9-11-21-12-10-16)22-17-5-3-15(4-6-17)18-7-8-19(24-23-18)25-13-1-2-14-25/h3-12H,1-2,13-14H2,(H,22,26). The van der Waals surface area contributed by atoms with E-state index in [9.17, 15) is 4.79 Å². The van der Waals surface area contributed by atoms with Crippen molar-refractivity contribution in [3.8, 4) is 11.3 Å². The van der Waals surface area contributed by atoms with Crippen molar-refractivity contribution in [2.75, 3.05) is 23.3 Å². The number of benzene rings is 1. The Balaban J connectivity index is 1.45. The van der Waals surface area contributed by atoms with E-state index in [1.165, 1.54) is 12.8 Å². The zero-order valence-corrected chi connectivity index (χ0v) is 14.3. The Morgan fingerprint density at radius 3 is 2.27 bits per heavy atom. The predicted octanol–water partition coefficient (Wildman–Crippen LogP) is 3.39. The van der Waals surface area contributed by atoms with Crippen LogP contribution < -0.4 is 10.2 Å². The molecule has 1 amide bonds. The molecule has 1 aliphatic rings. The van der Waals surface area contributed by atoms with Gasteiger partial charge in [0, 0.05) is 42.3 Å². The largest absolute Gasteiger partial charge is 0.355 e. The minimum atomic E-state index is -0.157. The molecule has 26 heavy (non-hydrogen) atoms. The van der Waals surface area contributed by atoms with Crippen LogP contribution in [0.4, 0.5) is 11.5 Å². The van der Waals surface area contributed by atoms with Crippen LogP contribution in [0.2, 0.25) is 0 Å². The summed E-state index contributed by atoms with van der Waals surface area (Å²) in [6.07, 6.45) is 5.64. The molecule has 6 nitrogen and oxygen atoms in total. The quantitative estimate of drug-likeness (QED) is 0.785. The summed E-state index contributed by atoms with van der Waals surface area (Å²) >= 11 is 0. The van der Waals surface area contributed by atoms with E-state index >= 15 is 0 Å². The first-order valence-electron chi connectivity index (χ1n) is 8.70. The molecule has 1 aromatic carbocycles. The third-order valence-corrected chi connectivity index (χ3v) is 4.46. The van der Waals surface area contributed by atoms with Crippen molar-refractivity contribution in [3.05, 3.63) is 66.5 Å². The monoisotopic (exact) mass is 345 g/mol. The van der Waals surface area contributed by atoms with Crippen LogP contribution in [-0.2, 0) is 0 Å². The minimum absolute atomic E-state index is 0.157. The Labute approximate surface area is 151 Å². The molecule has 130 valence electrons. The van der Waals surface area contributed by atoms with E-state index < -0.39 is 0 Å². The van der Waals surface area contributed by atoms with Crippen LogP contribution in [0.1, 0.15) is 23.2 Å². The molecule has 0 unspecified atom stereocenters. The Morgan fingerprint density at radius 2 is 1.62 bits per heavy atom. The molecule has 0 saturated carbocycles. The van der Waals surface area contributed by atoms with Gasteiger partial charge < -0.3 is 10.2 Å². The highest BCUT2D eigenvalue weighted by atomic mass is 16.1. The van der Waals surface area contributed by atoms with Crippen LogP contribution >= 0.6 is 0 Å². The molecule has 1 N–H and O–H groups in total. The third kappa shape index (κ3) is 3.54. The van der Waals surface area contributed by atoms with Gasteiger partial charge in [-0.2, -0.15) is 0 Å². The van der Waals surface area contributed by atoms with E-state index in [1.54, 1.807) is 24.5 Å². The zero-order valence-electron chi connectivity index (χ0n) is 14.3. The zero-order chi connectivity index (χ0) is 17.8. The van der Waals surface area contributed by atoms with Crippen molar-refractivity contribution in [3.63, 3.8) is 0 Å². The fourth-order valence-electron chi connectivity index (χ4n) is 3.02. The molecule has 1 fully saturated rings. The van der Waals surface area contributed by atoms with E-state index in [0.29, 0.717) is 5.56 Å². The van der Waals surface area contributed by atoms with Gasteiger partial charge in [0.15, 0.2) is 5.82 Å². The van der Waals surface area contributed by atoms with Crippen molar-refractivity contribution in [1.29, 1.82) is 0 Å². The molecule has 1 saturated heterocycles. The lowest BCUT2D eigenvalue weighted by Gasteiger charge is -2.15. The van der Waals surface area contributed by atoms with Gasteiger partial charge in [-0.3, -0.25) is 9.78 Å². The SMILES string of the molecule is O=C(Nc1ccc(-c2ccc(N3CCCC3)nn2)cc1)c1ccncc1. The molecule has 1 aliphatic heterocycles. The van der Waals surface area contributed by atoms with Crippen LogP contribution in [0.15, 0.2) is 60.9 Å². The molecule has 0 radical (unpaired) electrons. The lowest BCUT2D eigenvalue weighted by Crippen LogP contribution is -2.19. The van der Waals surface area contributed by atoms with Gasteiger partial charge in [-0.05, 0) is 49.2 Å². The highest BCUT2D eigenvalue weighted by Crippen LogP contribution is 2.22. The molecular weight excluding hydrogens is 326 g/mol. The molecule has 0 atom stereocenters. The third-order valence-electron chi connectivity index (χ3n) is 4.46. The van der Waals surface area contributed by atoms with Crippen molar-refractivity contribution in [2.45, 2.75) is 12.8 Å². The number of pyridine rings is 1. The Hall–Kier alpha value is -3.28. The van der Waals surface area contributed by atoms with E-state index in [1.807, 2.05) is 36.4 Å².